The van der Waals surface area contributed by atoms with Crippen molar-refractivity contribution in [1.82, 2.24) is 16.0 Å². The van der Waals surface area contributed by atoms with Crippen LogP contribution in [0.2, 0.25) is 0 Å². The maximum Gasteiger partial charge on any atom is 0.407 e. The molecule has 4 aromatic carbocycles. The first-order chi connectivity index (χ1) is 26.3. The Labute approximate surface area is 315 Å². The zero-order valence-corrected chi connectivity index (χ0v) is 30.5. The number of alkyl carbamates (subject to hydrolysis) is 2. The molecular weight excluding hydrogens is 686 g/mol. The lowest BCUT2D eigenvalue weighted by Gasteiger charge is -2.31. The lowest BCUT2D eigenvalue weighted by molar-refractivity contribution is -0.117. The van der Waals surface area contributed by atoms with Crippen LogP contribution in [0, 0.1) is 0 Å². The van der Waals surface area contributed by atoms with Gasteiger partial charge in [0.15, 0.2) is 0 Å². The van der Waals surface area contributed by atoms with E-state index in [1.165, 1.54) is 14.2 Å². The molecule has 4 amide bonds. The van der Waals surface area contributed by atoms with Crippen molar-refractivity contribution in [3.05, 3.63) is 138 Å². The van der Waals surface area contributed by atoms with Gasteiger partial charge in [0.2, 0.25) is 5.91 Å². The number of methoxy groups -OCH3 is 2. The van der Waals surface area contributed by atoms with E-state index in [1.807, 2.05) is 109 Å². The van der Waals surface area contributed by atoms with Gasteiger partial charge in [0, 0.05) is 24.0 Å². The molecule has 0 spiro atoms. The van der Waals surface area contributed by atoms with Crippen LogP contribution < -0.4 is 26.6 Å². The first-order valence-corrected chi connectivity index (χ1v) is 17.9. The van der Waals surface area contributed by atoms with Crippen molar-refractivity contribution in [3.63, 3.8) is 0 Å². The highest BCUT2D eigenvalue weighted by molar-refractivity contribution is 6.00. The van der Waals surface area contributed by atoms with E-state index in [2.05, 4.69) is 31.3 Å². The number of anilines is 2. The fraction of sp³-hybridized carbons (Fsp3) is 0.286. The second-order valence-corrected chi connectivity index (χ2v) is 12.8. The minimum atomic E-state index is -1.03. The molecule has 54 heavy (non-hydrogen) atoms. The number of amides is 4. The van der Waals surface area contributed by atoms with Gasteiger partial charge in [-0.2, -0.15) is 0 Å². The summed E-state index contributed by atoms with van der Waals surface area (Å²) < 4.78 is 15.7. The highest BCUT2D eigenvalue weighted by atomic mass is 16.5. The van der Waals surface area contributed by atoms with Gasteiger partial charge in [0.25, 0.3) is 5.91 Å². The van der Waals surface area contributed by atoms with Gasteiger partial charge in [0.05, 0.1) is 26.9 Å². The monoisotopic (exact) mass is 733 g/mol. The van der Waals surface area contributed by atoms with Crippen LogP contribution >= 0.6 is 0 Å². The lowest BCUT2D eigenvalue weighted by atomic mass is 9.95. The molecule has 12 nitrogen and oxygen atoms in total. The van der Waals surface area contributed by atoms with Crippen LogP contribution in [0.5, 0.6) is 0 Å². The molecule has 1 saturated heterocycles. The molecule has 0 saturated carbocycles. The van der Waals surface area contributed by atoms with E-state index in [0.717, 1.165) is 47.1 Å². The molecule has 0 aliphatic carbocycles. The molecule has 1 aliphatic rings. The third kappa shape index (κ3) is 11.8. The van der Waals surface area contributed by atoms with Gasteiger partial charge in [-0.1, -0.05) is 97.1 Å². The van der Waals surface area contributed by atoms with E-state index in [1.54, 1.807) is 6.08 Å². The normalized spacial score (nSPS) is 15.5. The molecule has 1 aliphatic heterocycles. The summed E-state index contributed by atoms with van der Waals surface area (Å²) in [5, 5.41) is 14.6. The number of hydrogen-bond acceptors (Lipinski definition) is 8. The largest absolute Gasteiger partial charge is 0.453 e. The van der Waals surface area contributed by atoms with E-state index in [0.29, 0.717) is 30.9 Å². The molecule has 0 aromatic heterocycles. The Kier molecular flexibility index (Phi) is 14.8. The van der Waals surface area contributed by atoms with E-state index < -0.39 is 24.1 Å². The number of rotatable bonds is 15. The fourth-order valence-corrected chi connectivity index (χ4v) is 6.17. The van der Waals surface area contributed by atoms with Gasteiger partial charge < -0.3 is 40.8 Å². The van der Waals surface area contributed by atoms with Crippen molar-refractivity contribution < 1.29 is 33.4 Å². The average molecular weight is 734 g/mol. The first kappa shape index (κ1) is 39.2. The number of nitrogens with one attached hydrogen (secondary N) is 5. The number of morpholine rings is 1. The maximum atomic E-state index is 13.9. The smallest absolute Gasteiger partial charge is 0.407 e. The summed E-state index contributed by atoms with van der Waals surface area (Å²) in [6.45, 7) is 1.03. The SMILES string of the molecule is COC(=O)NCC(=O)Nc1ccccc1CC[C@@H]1CO[C@H](CCc2ccccc2NC(=O)[C@H](C=C(c2ccccc2)c2ccccc2)NC(=O)OC)CN1. The highest BCUT2D eigenvalue weighted by Gasteiger charge is 2.24. The quantitative estimate of drug-likeness (QED) is 0.104. The molecule has 282 valence electrons. The Hall–Kier alpha value is -5.98. The third-order valence-corrected chi connectivity index (χ3v) is 9.05. The Morgan fingerprint density at radius 2 is 1.30 bits per heavy atom. The minimum absolute atomic E-state index is 0.0186. The molecule has 0 unspecified atom stereocenters. The van der Waals surface area contributed by atoms with Crippen molar-refractivity contribution in [3.8, 4) is 0 Å². The first-order valence-electron chi connectivity index (χ1n) is 17.9. The molecule has 5 N–H and O–H groups in total. The molecule has 0 radical (unpaired) electrons. The Morgan fingerprint density at radius 3 is 1.87 bits per heavy atom. The number of benzene rings is 4. The zero-order valence-electron chi connectivity index (χ0n) is 30.5. The van der Waals surface area contributed by atoms with Gasteiger partial charge in [-0.25, -0.2) is 9.59 Å². The molecule has 4 aromatic rings. The summed E-state index contributed by atoms with van der Waals surface area (Å²) in [7, 11) is 2.51. The van der Waals surface area contributed by atoms with Crippen LogP contribution in [-0.2, 0) is 36.6 Å². The van der Waals surface area contributed by atoms with Crippen molar-refractivity contribution in [2.75, 3.05) is 44.5 Å². The topological polar surface area (TPSA) is 156 Å². The van der Waals surface area contributed by atoms with Crippen molar-refractivity contribution in [2.45, 2.75) is 43.9 Å². The molecule has 3 atom stereocenters. The molecule has 0 bridgehead atoms. The Bertz CT molecular complexity index is 1840. The average Bonchev–Trinajstić information content (AvgIpc) is 3.21. The summed E-state index contributed by atoms with van der Waals surface area (Å²) in [6, 6.07) is 33.7. The van der Waals surface area contributed by atoms with Crippen LogP contribution in [0.15, 0.2) is 115 Å². The molecule has 1 fully saturated rings. The second kappa shape index (κ2) is 20.3. The van der Waals surface area contributed by atoms with Gasteiger partial charge in [-0.15, -0.1) is 0 Å². The number of aryl methyl sites for hydroxylation is 2. The second-order valence-electron chi connectivity index (χ2n) is 12.8. The van der Waals surface area contributed by atoms with Crippen LogP contribution in [-0.4, -0.2) is 76.1 Å². The third-order valence-electron chi connectivity index (χ3n) is 9.05. The van der Waals surface area contributed by atoms with Gasteiger partial charge in [-0.05, 0) is 71.7 Å². The van der Waals surface area contributed by atoms with Gasteiger partial charge in [-0.3, -0.25) is 9.59 Å². The zero-order chi connectivity index (χ0) is 38.1. The number of ether oxygens (including phenoxy) is 3. The van der Waals surface area contributed by atoms with Crippen LogP contribution in [0.1, 0.15) is 35.1 Å². The molecule has 12 heteroatoms. The Morgan fingerprint density at radius 1 is 0.741 bits per heavy atom. The summed E-state index contributed by atoms with van der Waals surface area (Å²) in [4.78, 5) is 49.9. The Balaban J connectivity index is 1.17. The van der Waals surface area contributed by atoms with E-state index in [9.17, 15) is 19.2 Å². The fourth-order valence-electron chi connectivity index (χ4n) is 6.17. The van der Waals surface area contributed by atoms with Crippen LogP contribution in [0.25, 0.3) is 5.57 Å². The summed E-state index contributed by atoms with van der Waals surface area (Å²) in [5.74, 6) is -0.750. The van der Waals surface area contributed by atoms with E-state index in [-0.39, 0.29) is 24.6 Å². The summed E-state index contributed by atoms with van der Waals surface area (Å²) >= 11 is 0. The summed E-state index contributed by atoms with van der Waals surface area (Å²) in [5.41, 5.74) is 5.88. The van der Waals surface area contributed by atoms with Gasteiger partial charge in [0.1, 0.15) is 12.6 Å². The predicted molar refractivity (Wildman–Crippen MR) is 208 cm³/mol. The van der Waals surface area contributed by atoms with Crippen LogP contribution in [0.4, 0.5) is 21.0 Å². The highest BCUT2D eigenvalue weighted by Crippen LogP contribution is 2.25. The minimum Gasteiger partial charge on any atom is -0.453 e. The van der Waals surface area contributed by atoms with Crippen molar-refractivity contribution >= 4 is 40.9 Å². The predicted octanol–water partition coefficient (Wildman–Crippen LogP) is 5.70. The van der Waals surface area contributed by atoms with E-state index in [4.69, 9.17) is 9.47 Å². The number of hydrogen-bond donors (Lipinski definition) is 5. The van der Waals surface area contributed by atoms with Crippen molar-refractivity contribution in [1.29, 1.82) is 0 Å². The summed E-state index contributed by atoms with van der Waals surface area (Å²) in [6.07, 6.45) is 3.26. The molecular formula is C42H47N5O7. The number of carbonyl (C=O) groups excluding carboxylic acids is 4. The standard InChI is InChI=1S/C42H47N5O7/c1-52-41(50)44-27-39(48)45-36-19-11-9-17-31(36)21-23-33-28-54-34(26-43-33)24-22-32-18-10-12-20-37(32)46-40(49)38(47-42(51)53-2)25-35(29-13-5-3-6-14-29)30-15-7-4-8-16-30/h3-20,25,33-34,38,43H,21-24,26-28H2,1-2H3,(H,44,50)(H,45,48)(H,46,49)(H,47,51)/t33-,34-,38+/m1/s1. The number of para-hydroxylation sites is 2. The molecule has 1 heterocycles. The van der Waals surface area contributed by atoms with E-state index >= 15 is 0 Å². The number of carbonyl (C=O) groups is 4. The molecule has 5 rings (SSSR count). The lowest BCUT2D eigenvalue weighted by Crippen LogP contribution is -2.46. The van der Waals surface area contributed by atoms with Gasteiger partial charge >= 0.3 is 12.2 Å². The maximum absolute atomic E-state index is 13.9. The van der Waals surface area contributed by atoms with Crippen molar-refractivity contribution in [2.24, 2.45) is 0 Å². The van der Waals surface area contributed by atoms with Crippen LogP contribution in [0.3, 0.4) is 0 Å².